The Bertz CT molecular complexity index is 3880. The van der Waals surface area contributed by atoms with Gasteiger partial charge in [0.2, 0.25) is 0 Å². The highest BCUT2D eigenvalue weighted by Crippen LogP contribution is 2.48. The van der Waals surface area contributed by atoms with Gasteiger partial charge in [0.05, 0.1) is 42.1 Å². The lowest BCUT2D eigenvalue weighted by Crippen LogP contribution is -2.21. The third-order valence-corrected chi connectivity index (χ3v) is 22.7. The number of rotatable bonds is 24. The zero-order valence-corrected chi connectivity index (χ0v) is 60.4. The molecule has 11 nitrogen and oxygen atoms in total. The first-order valence-electron chi connectivity index (χ1n) is 37.6. The summed E-state index contributed by atoms with van der Waals surface area (Å²) in [6.07, 6.45) is 31.1. The Hall–Kier alpha value is -8.18. The highest BCUT2D eigenvalue weighted by Gasteiger charge is 2.38. The molecular weight excluding hydrogens is 1230 g/mol. The fourth-order valence-electron chi connectivity index (χ4n) is 16.9. The van der Waals surface area contributed by atoms with Crippen LogP contribution < -0.4 is 14.2 Å². The normalized spacial score (nSPS) is 19.5. The largest absolute Gasteiger partial charge is 0.507 e. The van der Waals surface area contributed by atoms with Gasteiger partial charge < -0.3 is 34.6 Å². The Kier molecular flexibility index (Phi) is 23.6. The van der Waals surface area contributed by atoms with E-state index in [1.54, 1.807) is 36.4 Å². The van der Waals surface area contributed by atoms with Crippen LogP contribution in [0.4, 0.5) is 0 Å². The Labute approximate surface area is 588 Å². The number of phenols is 4. The molecule has 5 aliphatic rings. The quantitative estimate of drug-likeness (QED) is 0.0424. The van der Waals surface area contributed by atoms with Crippen LogP contribution in [-0.4, -0.2) is 63.4 Å². The summed E-state index contributed by atoms with van der Waals surface area (Å²) in [7, 11) is 0. The fourth-order valence-corrected chi connectivity index (χ4v) is 16.9. The molecule has 4 N–H and O–H groups in total. The summed E-state index contributed by atoms with van der Waals surface area (Å²) in [5.41, 5.74) is 9.73. The van der Waals surface area contributed by atoms with E-state index >= 15 is 0 Å². The maximum atomic E-state index is 14.1. The van der Waals surface area contributed by atoms with E-state index in [-0.39, 0.29) is 67.5 Å². The van der Waals surface area contributed by atoms with Crippen LogP contribution in [0.2, 0.25) is 0 Å². The number of phenolic OH excluding ortho intramolecular Hbond substituents is 4. The maximum absolute atomic E-state index is 14.1. The number of aromatic hydroxyl groups is 4. The fraction of sp³-hybridized carbons (Fsp3) is 0.477. The Morgan fingerprint density at radius 3 is 0.828 bits per heavy atom. The van der Waals surface area contributed by atoms with Crippen LogP contribution in [0.5, 0.6) is 40.2 Å². The first kappa shape index (κ1) is 72.1. The minimum Gasteiger partial charge on any atom is -0.507 e. The lowest BCUT2D eigenvalue weighted by atomic mass is 9.80. The van der Waals surface area contributed by atoms with Crippen molar-refractivity contribution in [2.75, 3.05) is 19.8 Å². The smallest absolute Gasteiger partial charge is 0.198 e. The molecule has 0 heterocycles. The van der Waals surface area contributed by atoms with E-state index in [9.17, 15) is 39.6 Å². The van der Waals surface area contributed by atoms with E-state index in [0.29, 0.717) is 47.7 Å². The Morgan fingerprint density at radius 2 is 0.556 bits per heavy atom. The summed E-state index contributed by atoms with van der Waals surface area (Å²) in [5, 5.41) is 44.8. The van der Waals surface area contributed by atoms with Crippen LogP contribution in [-0.2, 0) is 0 Å². The third kappa shape index (κ3) is 15.9. The van der Waals surface area contributed by atoms with Crippen LogP contribution in [0.1, 0.15) is 272 Å². The molecule has 7 aromatic carbocycles. The lowest BCUT2D eigenvalue weighted by Gasteiger charge is -2.29. The van der Waals surface area contributed by atoms with E-state index in [1.807, 2.05) is 77.9 Å². The Morgan fingerprint density at radius 1 is 0.313 bits per heavy atom. The molecule has 0 saturated heterocycles. The van der Waals surface area contributed by atoms with Crippen molar-refractivity contribution in [1.82, 2.24) is 0 Å². The molecule has 0 unspecified atom stereocenters. The van der Waals surface area contributed by atoms with Crippen LogP contribution in [0.3, 0.4) is 0 Å². The average Bonchev–Trinajstić information content (AvgIpc) is 0.739. The van der Waals surface area contributed by atoms with Gasteiger partial charge in [0, 0.05) is 38.9 Å². The highest BCUT2D eigenvalue weighted by molar-refractivity contribution is 6.32. The van der Waals surface area contributed by atoms with Gasteiger partial charge in [0.25, 0.3) is 0 Å². The van der Waals surface area contributed by atoms with Crippen molar-refractivity contribution >= 4 is 23.1 Å². The molecule has 0 aliphatic heterocycles. The number of benzene rings is 7. The second kappa shape index (κ2) is 32.4. The minimum atomic E-state index is -0.486. The number of carbonyl (C=O) groups is 4. The monoisotopic (exact) mass is 1340 g/mol. The molecule has 7 aromatic rings. The van der Waals surface area contributed by atoms with Gasteiger partial charge >= 0.3 is 0 Å². The molecule has 3 saturated carbocycles. The van der Waals surface area contributed by atoms with Gasteiger partial charge in [0.1, 0.15) is 40.2 Å². The van der Waals surface area contributed by atoms with Crippen LogP contribution in [0.25, 0.3) is 33.4 Å². The van der Waals surface area contributed by atoms with E-state index < -0.39 is 23.1 Å². The standard InChI is InChI=1S/C54H68O6.C34H38O5/c1-7-9-11-13-37-15-19-39(20-16-37)31-59-53-33(3)27-41(28-34(53)4)43-23-25-45-47(49(43)55)51(57)46-26-24-44(50(56)48(46)52(45)58)42-29-35(5)54(36(6)30-42)60-32-40-21-17-38(18-22-40)14-12-10-8-2;1-4-5-6-8-22-11-13-23(14-12-22)19-39-34-20(2)17-24(18-21(34)3)25-15-16-27-30(31(25)36)33(38)26-9-7-10-28(35)29(26)32(27)37/h23-30,37-40,55-56H,7-22,31-32H2,1-6H3;7,9-10,15-18,22-23,35-36H,4-6,8,11-14,19H2,1-3H3. The maximum Gasteiger partial charge on any atom is 0.198 e. The van der Waals surface area contributed by atoms with Crippen molar-refractivity contribution in [3.05, 3.63) is 169 Å². The number of ketones is 4. The topological polar surface area (TPSA) is 177 Å². The number of aryl methyl sites for hydroxylation is 6. The number of carbonyl (C=O) groups excluding carboxylic acids is 4. The summed E-state index contributed by atoms with van der Waals surface area (Å²) in [6.45, 7) is 21.0. The zero-order valence-electron chi connectivity index (χ0n) is 60.4. The van der Waals surface area contributed by atoms with Crippen molar-refractivity contribution in [3.63, 3.8) is 0 Å². The lowest BCUT2D eigenvalue weighted by molar-refractivity contribution is 0.0974. The number of hydrogen-bond acceptors (Lipinski definition) is 11. The molecule has 0 aromatic heterocycles. The van der Waals surface area contributed by atoms with Crippen molar-refractivity contribution in [1.29, 1.82) is 0 Å². The predicted molar refractivity (Wildman–Crippen MR) is 396 cm³/mol. The highest BCUT2D eigenvalue weighted by atomic mass is 16.5. The van der Waals surface area contributed by atoms with Crippen LogP contribution >= 0.6 is 0 Å². The molecule has 11 heteroatoms. The molecule has 12 rings (SSSR count). The van der Waals surface area contributed by atoms with Crippen LogP contribution in [0.15, 0.2) is 91.0 Å². The van der Waals surface area contributed by atoms with Crippen molar-refractivity contribution in [2.45, 2.75) is 216 Å². The van der Waals surface area contributed by atoms with Gasteiger partial charge in [-0.05, 0) is 245 Å². The molecule has 0 spiro atoms. The number of unbranched alkanes of at least 4 members (excludes halogenated alkanes) is 6. The van der Waals surface area contributed by atoms with E-state index in [1.165, 1.54) is 172 Å². The zero-order chi connectivity index (χ0) is 70.2. The SMILES string of the molecule is CCCCCC1CCC(COc2c(C)cc(-c3ccc4c(c3O)C(=O)c3ccc(-c5cc(C)c(OCC6CCC(CCCCC)CC6)c(C)c5)c(O)c3C4=O)cc2C)CC1.CCCCCC1CCC(COc2c(C)cc(-c3ccc4c(c3O)C(=O)c3cccc(O)c3C4=O)cc2C)CC1. The molecule has 3 fully saturated rings. The van der Waals surface area contributed by atoms with Gasteiger partial charge in [-0.2, -0.15) is 0 Å². The molecule has 524 valence electrons. The molecule has 0 bridgehead atoms. The van der Waals surface area contributed by atoms with Gasteiger partial charge in [-0.3, -0.25) is 19.2 Å². The number of ether oxygens (including phenoxy) is 3. The van der Waals surface area contributed by atoms with E-state index in [2.05, 4.69) is 20.8 Å². The number of fused-ring (bicyclic) bond motifs is 4. The second-order valence-corrected chi connectivity index (χ2v) is 30.1. The van der Waals surface area contributed by atoms with Crippen molar-refractivity contribution < 1.29 is 53.8 Å². The molecule has 0 radical (unpaired) electrons. The van der Waals surface area contributed by atoms with Gasteiger partial charge in [0.15, 0.2) is 23.1 Å². The third-order valence-electron chi connectivity index (χ3n) is 22.7. The van der Waals surface area contributed by atoms with Crippen molar-refractivity contribution in [3.8, 4) is 73.6 Å². The Balaban J connectivity index is 0.000000219. The van der Waals surface area contributed by atoms with Gasteiger partial charge in [-0.1, -0.05) is 148 Å². The summed E-state index contributed by atoms with van der Waals surface area (Å²) >= 11 is 0. The summed E-state index contributed by atoms with van der Waals surface area (Å²) in [6, 6.07) is 26.1. The molecule has 5 aliphatic carbocycles. The first-order chi connectivity index (χ1) is 47.8. The average molecular weight is 1340 g/mol. The van der Waals surface area contributed by atoms with Crippen molar-refractivity contribution in [2.24, 2.45) is 35.5 Å². The molecule has 0 amide bonds. The summed E-state index contributed by atoms with van der Waals surface area (Å²) in [5.74, 6) is 4.09. The summed E-state index contributed by atoms with van der Waals surface area (Å²) in [4.78, 5) is 54.6. The minimum absolute atomic E-state index is 0.0136. The molecule has 0 atom stereocenters. The summed E-state index contributed by atoms with van der Waals surface area (Å²) < 4.78 is 19.3. The molecular formula is C88H106O11. The first-order valence-corrected chi connectivity index (χ1v) is 37.6. The van der Waals surface area contributed by atoms with Gasteiger partial charge in [-0.25, -0.2) is 0 Å². The van der Waals surface area contributed by atoms with Gasteiger partial charge in [-0.15, -0.1) is 0 Å². The number of hydrogen-bond donors (Lipinski definition) is 4. The van der Waals surface area contributed by atoms with E-state index in [4.69, 9.17) is 14.2 Å². The van der Waals surface area contributed by atoms with Crippen LogP contribution in [0, 0.1) is 77.0 Å². The van der Waals surface area contributed by atoms with E-state index in [0.717, 1.165) is 91.7 Å². The second-order valence-electron chi connectivity index (χ2n) is 30.1. The predicted octanol–water partition coefficient (Wildman–Crippen LogP) is 21.9. The molecule has 99 heavy (non-hydrogen) atoms.